The average Bonchev–Trinajstić information content (AvgIpc) is 3.29. The van der Waals surface area contributed by atoms with Crippen LogP contribution in [0.2, 0.25) is 0 Å². The van der Waals surface area contributed by atoms with Crippen molar-refractivity contribution in [1.29, 1.82) is 0 Å². The quantitative estimate of drug-likeness (QED) is 0.240. The van der Waals surface area contributed by atoms with Gasteiger partial charge < -0.3 is 4.42 Å². The number of benzene rings is 6. The summed E-state index contributed by atoms with van der Waals surface area (Å²) in [5.41, 5.74) is 5.95. The molecule has 0 saturated heterocycles. The summed E-state index contributed by atoms with van der Waals surface area (Å²) in [6, 6.07) is 41.8. The standard InChI is InChI=1S/C33H20OS/c1-3-9-23-20(7-1)14-17-29-32(23)31(33-24-10-4-2-8-21(24)15-18-30(33)35-29)22-13-16-26-25-11-5-6-12-27(25)34-28(26)19-22/h1-19,31H. The third kappa shape index (κ3) is 2.78. The molecule has 7 aromatic rings. The lowest BCUT2D eigenvalue weighted by Gasteiger charge is -2.31. The molecule has 0 spiro atoms. The van der Waals surface area contributed by atoms with E-state index in [-0.39, 0.29) is 5.92 Å². The summed E-state index contributed by atoms with van der Waals surface area (Å²) >= 11 is 1.89. The van der Waals surface area contributed by atoms with Crippen LogP contribution in [0.1, 0.15) is 22.6 Å². The minimum absolute atomic E-state index is 0.121. The van der Waals surface area contributed by atoms with Gasteiger partial charge in [-0.3, -0.25) is 0 Å². The van der Waals surface area contributed by atoms with E-state index in [1.807, 2.05) is 17.8 Å². The summed E-state index contributed by atoms with van der Waals surface area (Å²) in [5.74, 6) is 0.121. The molecule has 2 heterocycles. The molecular formula is C33H20OS. The molecule has 1 aliphatic heterocycles. The van der Waals surface area contributed by atoms with Gasteiger partial charge in [-0.05, 0) is 62.5 Å². The maximum Gasteiger partial charge on any atom is 0.135 e. The molecule has 1 aromatic heterocycles. The van der Waals surface area contributed by atoms with Crippen molar-refractivity contribution < 1.29 is 4.42 Å². The van der Waals surface area contributed by atoms with E-state index in [1.54, 1.807) is 0 Å². The van der Waals surface area contributed by atoms with Crippen LogP contribution < -0.4 is 0 Å². The third-order valence-electron chi connectivity index (χ3n) is 7.39. The highest BCUT2D eigenvalue weighted by Crippen LogP contribution is 2.53. The topological polar surface area (TPSA) is 13.1 Å². The van der Waals surface area contributed by atoms with Crippen LogP contribution in [0.15, 0.2) is 129 Å². The predicted molar refractivity (Wildman–Crippen MR) is 147 cm³/mol. The van der Waals surface area contributed by atoms with Crippen molar-refractivity contribution >= 4 is 55.2 Å². The molecule has 0 amide bonds. The van der Waals surface area contributed by atoms with E-state index in [9.17, 15) is 0 Å². The van der Waals surface area contributed by atoms with Crippen LogP contribution in [0, 0.1) is 0 Å². The lowest BCUT2D eigenvalue weighted by molar-refractivity contribution is 0.668. The van der Waals surface area contributed by atoms with Gasteiger partial charge in [0, 0.05) is 26.5 Å². The van der Waals surface area contributed by atoms with E-state index < -0.39 is 0 Å². The Bertz CT molecular complexity index is 1860. The Kier molecular flexibility index (Phi) is 4.00. The number of furan rings is 1. The Hall–Kier alpha value is -4.01. The Labute approximate surface area is 207 Å². The summed E-state index contributed by atoms with van der Waals surface area (Å²) < 4.78 is 6.33. The molecular weight excluding hydrogens is 444 g/mol. The highest BCUT2D eigenvalue weighted by molar-refractivity contribution is 7.99. The van der Waals surface area contributed by atoms with E-state index in [2.05, 4.69) is 109 Å². The van der Waals surface area contributed by atoms with Gasteiger partial charge in [-0.25, -0.2) is 0 Å². The maximum absolute atomic E-state index is 6.33. The molecule has 0 atom stereocenters. The summed E-state index contributed by atoms with van der Waals surface area (Å²) in [5, 5.41) is 7.56. The average molecular weight is 465 g/mol. The van der Waals surface area contributed by atoms with Gasteiger partial charge >= 0.3 is 0 Å². The van der Waals surface area contributed by atoms with E-state index in [0.717, 1.165) is 11.2 Å². The minimum Gasteiger partial charge on any atom is -0.456 e. The molecule has 35 heavy (non-hydrogen) atoms. The van der Waals surface area contributed by atoms with Crippen molar-refractivity contribution in [3.8, 4) is 0 Å². The molecule has 0 radical (unpaired) electrons. The molecule has 0 saturated carbocycles. The second-order valence-electron chi connectivity index (χ2n) is 9.29. The van der Waals surface area contributed by atoms with Gasteiger partial charge in [-0.2, -0.15) is 0 Å². The van der Waals surface area contributed by atoms with E-state index >= 15 is 0 Å². The van der Waals surface area contributed by atoms with Crippen LogP contribution >= 0.6 is 11.8 Å². The van der Waals surface area contributed by atoms with Crippen molar-refractivity contribution in [1.82, 2.24) is 0 Å². The van der Waals surface area contributed by atoms with Crippen molar-refractivity contribution in [2.75, 3.05) is 0 Å². The van der Waals surface area contributed by atoms with Crippen LogP contribution in [0.25, 0.3) is 43.5 Å². The SMILES string of the molecule is c1ccc2c3c(ccc2c1)Sc1ccc2ccccc2c1C3c1ccc2c(c1)oc1ccccc12. The second kappa shape index (κ2) is 7.24. The van der Waals surface area contributed by atoms with Gasteiger partial charge in [-0.1, -0.05) is 103 Å². The van der Waals surface area contributed by atoms with Crippen LogP contribution in [0.4, 0.5) is 0 Å². The molecule has 2 heteroatoms. The lowest BCUT2D eigenvalue weighted by atomic mass is 9.80. The highest BCUT2D eigenvalue weighted by Gasteiger charge is 2.31. The van der Waals surface area contributed by atoms with Crippen molar-refractivity contribution in [3.63, 3.8) is 0 Å². The first kappa shape index (κ1) is 19.3. The molecule has 0 N–H and O–H groups in total. The Morgan fingerprint density at radius 2 is 1.06 bits per heavy atom. The molecule has 8 rings (SSSR count). The van der Waals surface area contributed by atoms with Gasteiger partial charge in [0.2, 0.25) is 0 Å². The predicted octanol–water partition coefficient (Wildman–Crippen LogP) is 9.54. The van der Waals surface area contributed by atoms with Crippen molar-refractivity contribution in [2.45, 2.75) is 15.7 Å². The molecule has 0 unspecified atom stereocenters. The normalized spacial score (nSPS) is 13.5. The lowest BCUT2D eigenvalue weighted by Crippen LogP contribution is -2.11. The number of hydrogen-bond donors (Lipinski definition) is 0. The number of hydrogen-bond acceptors (Lipinski definition) is 2. The first-order valence-electron chi connectivity index (χ1n) is 12.0. The monoisotopic (exact) mass is 464 g/mol. The summed E-state index contributed by atoms with van der Waals surface area (Å²) in [4.78, 5) is 2.67. The number of rotatable bonds is 1. The fourth-order valence-electron chi connectivity index (χ4n) is 5.84. The number of fused-ring (bicyclic) bond motifs is 9. The first-order chi connectivity index (χ1) is 17.3. The van der Waals surface area contributed by atoms with Crippen LogP contribution in [-0.4, -0.2) is 0 Å². The van der Waals surface area contributed by atoms with Gasteiger partial charge in [0.05, 0.1) is 0 Å². The van der Waals surface area contributed by atoms with E-state index in [0.29, 0.717) is 0 Å². The molecule has 0 bridgehead atoms. The zero-order valence-corrected chi connectivity index (χ0v) is 19.7. The Morgan fingerprint density at radius 1 is 0.486 bits per heavy atom. The molecule has 6 aromatic carbocycles. The van der Waals surface area contributed by atoms with E-state index in [1.165, 1.54) is 58.8 Å². The molecule has 1 nitrogen and oxygen atoms in total. The van der Waals surface area contributed by atoms with Gasteiger partial charge in [0.25, 0.3) is 0 Å². The zero-order chi connectivity index (χ0) is 22.9. The van der Waals surface area contributed by atoms with Crippen LogP contribution in [0.5, 0.6) is 0 Å². The van der Waals surface area contributed by atoms with Crippen molar-refractivity contribution in [2.24, 2.45) is 0 Å². The number of para-hydroxylation sites is 1. The maximum atomic E-state index is 6.33. The zero-order valence-electron chi connectivity index (χ0n) is 18.9. The van der Waals surface area contributed by atoms with Gasteiger partial charge in [0.1, 0.15) is 11.2 Å². The van der Waals surface area contributed by atoms with Gasteiger partial charge in [-0.15, -0.1) is 0 Å². The smallest absolute Gasteiger partial charge is 0.135 e. The Balaban J connectivity index is 1.49. The fraction of sp³-hybridized carbons (Fsp3) is 0.0303. The van der Waals surface area contributed by atoms with Crippen molar-refractivity contribution in [3.05, 3.63) is 132 Å². The Morgan fingerprint density at radius 3 is 1.74 bits per heavy atom. The molecule has 164 valence electrons. The largest absolute Gasteiger partial charge is 0.456 e. The third-order valence-corrected chi connectivity index (χ3v) is 8.55. The summed E-state index contributed by atoms with van der Waals surface area (Å²) in [6.07, 6.45) is 0. The summed E-state index contributed by atoms with van der Waals surface area (Å²) in [7, 11) is 0. The van der Waals surface area contributed by atoms with Crippen LogP contribution in [0.3, 0.4) is 0 Å². The summed E-state index contributed by atoms with van der Waals surface area (Å²) in [6.45, 7) is 0. The molecule has 1 aliphatic rings. The fourth-order valence-corrected chi connectivity index (χ4v) is 7.03. The minimum atomic E-state index is 0.121. The highest BCUT2D eigenvalue weighted by atomic mass is 32.2. The first-order valence-corrected chi connectivity index (χ1v) is 12.8. The second-order valence-corrected chi connectivity index (χ2v) is 10.4. The molecule has 0 fully saturated rings. The van der Waals surface area contributed by atoms with E-state index in [4.69, 9.17) is 4.42 Å². The van der Waals surface area contributed by atoms with Crippen LogP contribution in [-0.2, 0) is 0 Å². The van der Waals surface area contributed by atoms with Gasteiger partial charge in [0.15, 0.2) is 0 Å². The molecule has 0 aliphatic carbocycles.